The summed E-state index contributed by atoms with van der Waals surface area (Å²) in [5.74, 6) is 2.53. The molecule has 0 bridgehead atoms. The number of hydrogen-bond acceptors (Lipinski definition) is 1. The molecule has 3 aliphatic rings. The molecule has 0 spiro atoms. The van der Waals surface area contributed by atoms with Gasteiger partial charge in [0, 0.05) is 12.0 Å². The molecule has 0 radical (unpaired) electrons. The fraction of sp³-hybridized carbons (Fsp3) is 0.917. The summed E-state index contributed by atoms with van der Waals surface area (Å²) in [6.45, 7) is 4.45. The summed E-state index contributed by atoms with van der Waals surface area (Å²) < 4.78 is 0. The van der Waals surface area contributed by atoms with E-state index in [4.69, 9.17) is 0 Å². The van der Waals surface area contributed by atoms with Gasteiger partial charge in [-0.25, -0.2) is 0 Å². The highest BCUT2D eigenvalue weighted by Gasteiger charge is 2.51. The minimum atomic E-state index is 0.341. The first-order chi connectivity index (χ1) is 6.56. The summed E-state index contributed by atoms with van der Waals surface area (Å²) in [6.07, 6.45) is 4.91. The average molecular weight is 193 g/mol. The van der Waals surface area contributed by atoms with Crippen LogP contribution in [0.25, 0.3) is 0 Å². The Morgan fingerprint density at radius 3 is 2.29 bits per heavy atom. The molecule has 3 aliphatic carbocycles. The van der Waals surface area contributed by atoms with Crippen molar-refractivity contribution in [2.24, 2.45) is 23.2 Å². The lowest BCUT2D eigenvalue weighted by atomic mass is 10.0. The van der Waals surface area contributed by atoms with E-state index in [1.807, 2.05) is 0 Å². The lowest BCUT2D eigenvalue weighted by Gasteiger charge is -2.13. The van der Waals surface area contributed by atoms with Gasteiger partial charge in [0.1, 0.15) is 0 Å². The third-order valence-electron chi connectivity index (χ3n) is 4.44. The monoisotopic (exact) mass is 193 g/mol. The Morgan fingerprint density at radius 1 is 1.21 bits per heavy atom. The van der Waals surface area contributed by atoms with E-state index in [0.717, 1.165) is 18.3 Å². The van der Waals surface area contributed by atoms with Gasteiger partial charge in [-0.05, 0) is 42.9 Å². The Balaban J connectivity index is 1.52. The van der Waals surface area contributed by atoms with Crippen molar-refractivity contribution in [1.82, 2.24) is 5.32 Å². The van der Waals surface area contributed by atoms with E-state index in [9.17, 15) is 4.79 Å². The molecule has 3 atom stereocenters. The maximum Gasteiger partial charge on any atom is 0.223 e. The predicted molar refractivity (Wildman–Crippen MR) is 54.6 cm³/mol. The number of carbonyl (C=O) groups excluding carboxylic acids is 1. The first kappa shape index (κ1) is 8.75. The summed E-state index contributed by atoms with van der Waals surface area (Å²) >= 11 is 0. The molecular formula is C12H19NO. The Kier molecular flexibility index (Phi) is 1.58. The van der Waals surface area contributed by atoms with Gasteiger partial charge in [0.15, 0.2) is 0 Å². The van der Waals surface area contributed by atoms with Crippen molar-refractivity contribution in [2.75, 3.05) is 0 Å². The highest BCUT2D eigenvalue weighted by molar-refractivity contribution is 5.80. The molecule has 3 fully saturated rings. The molecule has 78 valence electrons. The molecule has 3 unspecified atom stereocenters. The third-order valence-corrected chi connectivity index (χ3v) is 4.44. The average Bonchev–Trinajstić information content (AvgIpc) is 2.91. The van der Waals surface area contributed by atoms with Crippen molar-refractivity contribution in [3.8, 4) is 0 Å². The van der Waals surface area contributed by atoms with Gasteiger partial charge >= 0.3 is 0 Å². The van der Waals surface area contributed by atoms with Gasteiger partial charge in [-0.2, -0.15) is 0 Å². The van der Waals surface area contributed by atoms with Gasteiger partial charge in [-0.3, -0.25) is 4.79 Å². The molecule has 3 rings (SSSR count). The molecule has 0 aromatic heterocycles. The summed E-state index contributed by atoms with van der Waals surface area (Å²) in [7, 11) is 0. The van der Waals surface area contributed by atoms with Crippen LogP contribution in [-0.4, -0.2) is 11.9 Å². The Bertz CT molecular complexity index is 274. The molecular weight excluding hydrogens is 174 g/mol. The van der Waals surface area contributed by atoms with Crippen LogP contribution in [0.2, 0.25) is 0 Å². The smallest absolute Gasteiger partial charge is 0.223 e. The van der Waals surface area contributed by atoms with Gasteiger partial charge in [0.25, 0.3) is 0 Å². The number of carbonyl (C=O) groups is 1. The zero-order chi connectivity index (χ0) is 9.92. The molecule has 0 aromatic rings. The zero-order valence-electron chi connectivity index (χ0n) is 9.05. The first-order valence-electron chi connectivity index (χ1n) is 5.86. The lowest BCUT2D eigenvalue weighted by Crippen LogP contribution is -2.33. The van der Waals surface area contributed by atoms with Gasteiger partial charge < -0.3 is 5.32 Å². The molecule has 1 N–H and O–H groups in total. The normalized spacial score (nSPS) is 47.0. The summed E-state index contributed by atoms with van der Waals surface area (Å²) in [5.41, 5.74) is 0.372. The van der Waals surface area contributed by atoms with E-state index < -0.39 is 0 Å². The Labute approximate surface area is 85.4 Å². The van der Waals surface area contributed by atoms with Crippen molar-refractivity contribution in [2.45, 2.75) is 45.6 Å². The van der Waals surface area contributed by atoms with Crippen molar-refractivity contribution in [3.05, 3.63) is 0 Å². The third kappa shape index (κ3) is 1.35. The van der Waals surface area contributed by atoms with Crippen LogP contribution in [0.5, 0.6) is 0 Å². The molecule has 3 saturated carbocycles. The fourth-order valence-electron chi connectivity index (χ4n) is 2.93. The zero-order valence-corrected chi connectivity index (χ0v) is 9.05. The van der Waals surface area contributed by atoms with Gasteiger partial charge in [-0.1, -0.05) is 13.8 Å². The van der Waals surface area contributed by atoms with E-state index in [2.05, 4.69) is 19.2 Å². The van der Waals surface area contributed by atoms with Crippen LogP contribution in [0.1, 0.15) is 39.5 Å². The van der Waals surface area contributed by atoms with E-state index in [1.165, 1.54) is 19.3 Å². The second-order valence-electron chi connectivity index (χ2n) is 6.18. The van der Waals surface area contributed by atoms with E-state index in [1.54, 1.807) is 0 Å². The first-order valence-corrected chi connectivity index (χ1v) is 5.86. The maximum absolute atomic E-state index is 11.8. The molecule has 2 heteroatoms. The number of fused-ring (bicyclic) bond motifs is 1. The van der Waals surface area contributed by atoms with Gasteiger partial charge in [-0.15, -0.1) is 0 Å². The maximum atomic E-state index is 11.8. The van der Waals surface area contributed by atoms with Crippen molar-refractivity contribution >= 4 is 5.91 Å². The van der Waals surface area contributed by atoms with Crippen LogP contribution >= 0.6 is 0 Å². The second-order valence-corrected chi connectivity index (χ2v) is 6.18. The van der Waals surface area contributed by atoms with Crippen LogP contribution in [0, 0.1) is 23.2 Å². The van der Waals surface area contributed by atoms with E-state index >= 15 is 0 Å². The summed E-state index contributed by atoms with van der Waals surface area (Å²) in [4.78, 5) is 11.8. The number of hydrogen-bond donors (Lipinski definition) is 1. The number of rotatable bonds is 2. The quantitative estimate of drug-likeness (QED) is 0.713. The molecule has 14 heavy (non-hydrogen) atoms. The fourth-order valence-corrected chi connectivity index (χ4v) is 2.93. The standard InChI is InChI=1S/C12H19NO/c1-12(2)6-10(12)13-11(14)9-4-7-3-8(7)5-9/h7-10H,3-6H2,1-2H3,(H,13,14). The molecule has 1 amide bonds. The number of amides is 1. The second kappa shape index (κ2) is 2.53. The van der Waals surface area contributed by atoms with Crippen molar-refractivity contribution in [1.29, 1.82) is 0 Å². The van der Waals surface area contributed by atoms with Crippen LogP contribution < -0.4 is 5.32 Å². The molecule has 0 aromatic carbocycles. The largest absolute Gasteiger partial charge is 0.353 e. The van der Waals surface area contributed by atoms with Crippen LogP contribution in [0.15, 0.2) is 0 Å². The Morgan fingerprint density at radius 2 is 1.79 bits per heavy atom. The minimum Gasteiger partial charge on any atom is -0.353 e. The van der Waals surface area contributed by atoms with Crippen molar-refractivity contribution in [3.63, 3.8) is 0 Å². The lowest BCUT2D eigenvalue weighted by molar-refractivity contribution is -0.125. The van der Waals surface area contributed by atoms with Gasteiger partial charge in [0.05, 0.1) is 0 Å². The van der Waals surface area contributed by atoms with Crippen LogP contribution in [0.3, 0.4) is 0 Å². The highest BCUT2D eigenvalue weighted by atomic mass is 16.2. The summed E-state index contributed by atoms with van der Waals surface area (Å²) in [5, 5.41) is 3.19. The van der Waals surface area contributed by atoms with Crippen molar-refractivity contribution < 1.29 is 4.79 Å². The van der Waals surface area contributed by atoms with Crippen LogP contribution in [-0.2, 0) is 4.79 Å². The summed E-state index contributed by atoms with van der Waals surface area (Å²) in [6, 6.07) is 0.465. The molecule has 0 saturated heterocycles. The number of nitrogens with one attached hydrogen (secondary N) is 1. The molecule has 2 nitrogen and oxygen atoms in total. The minimum absolute atomic E-state index is 0.341. The van der Waals surface area contributed by atoms with E-state index in [-0.39, 0.29) is 0 Å². The van der Waals surface area contributed by atoms with Crippen LogP contribution in [0.4, 0.5) is 0 Å². The molecule has 0 heterocycles. The Hall–Kier alpha value is -0.530. The topological polar surface area (TPSA) is 29.1 Å². The SMILES string of the molecule is CC1(C)CC1NC(=O)C1CC2CC2C1. The van der Waals surface area contributed by atoms with Gasteiger partial charge in [0.2, 0.25) is 5.91 Å². The highest BCUT2D eigenvalue weighted by Crippen LogP contribution is 2.54. The molecule has 0 aliphatic heterocycles. The predicted octanol–water partition coefficient (Wildman–Crippen LogP) is 1.95. The van der Waals surface area contributed by atoms with E-state index in [0.29, 0.717) is 23.3 Å².